The summed E-state index contributed by atoms with van der Waals surface area (Å²) in [5, 5.41) is 3.37. The van der Waals surface area contributed by atoms with E-state index in [2.05, 4.69) is 19.2 Å². The maximum atomic E-state index is 4.06. The molecule has 0 aromatic carbocycles. The molecule has 1 aliphatic heterocycles. The fourth-order valence-corrected chi connectivity index (χ4v) is 1.63. The first-order chi connectivity index (χ1) is 4.84. The molecular formula is C9H18N. The Balaban J connectivity index is 2.14. The first-order valence-electron chi connectivity index (χ1n) is 4.41. The normalized spacial score (nSPS) is 33.0. The minimum atomic E-state index is 0.534. The van der Waals surface area contributed by atoms with E-state index in [1.54, 1.807) is 0 Å². The van der Waals surface area contributed by atoms with E-state index >= 15 is 0 Å². The van der Waals surface area contributed by atoms with Crippen molar-refractivity contribution < 1.29 is 0 Å². The van der Waals surface area contributed by atoms with Gasteiger partial charge in [-0.1, -0.05) is 19.8 Å². The van der Waals surface area contributed by atoms with Crippen LogP contribution in [0.25, 0.3) is 0 Å². The summed E-state index contributed by atoms with van der Waals surface area (Å²) in [6.07, 6.45) is 5.41. The van der Waals surface area contributed by atoms with Gasteiger partial charge in [0.2, 0.25) is 0 Å². The Hall–Kier alpha value is -0.0400. The van der Waals surface area contributed by atoms with Crippen LogP contribution in [0.15, 0.2) is 0 Å². The van der Waals surface area contributed by atoms with Gasteiger partial charge in [-0.2, -0.15) is 0 Å². The van der Waals surface area contributed by atoms with Crippen molar-refractivity contribution in [2.24, 2.45) is 5.92 Å². The first kappa shape index (κ1) is 8.06. The fourth-order valence-electron chi connectivity index (χ4n) is 1.63. The Kier molecular flexibility index (Phi) is 3.20. The lowest BCUT2D eigenvalue weighted by Gasteiger charge is -2.13. The molecule has 1 heteroatoms. The molecule has 2 atom stereocenters. The maximum Gasteiger partial charge on any atom is 0.00963 e. The molecule has 1 fully saturated rings. The standard InChI is InChI=1S/C9H18N/c1-3-4-5-9-6-7-10-8(9)2/h8-10H,2-7H2,1H3. The largest absolute Gasteiger partial charge is 0.314 e. The lowest BCUT2D eigenvalue weighted by atomic mass is 9.96. The van der Waals surface area contributed by atoms with E-state index in [0.29, 0.717) is 6.04 Å². The van der Waals surface area contributed by atoms with Crippen LogP contribution in [0.2, 0.25) is 0 Å². The van der Waals surface area contributed by atoms with Crippen molar-refractivity contribution >= 4 is 0 Å². The fraction of sp³-hybridized carbons (Fsp3) is 0.889. The van der Waals surface area contributed by atoms with Crippen molar-refractivity contribution in [1.82, 2.24) is 5.32 Å². The van der Waals surface area contributed by atoms with Crippen molar-refractivity contribution in [2.45, 2.75) is 38.6 Å². The minimum absolute atomic E-state index is 0.534. The van der Waals surface area contributed by atoms with Gasteiger partial charge in [0, 0.05) is 6.04 Å². The van der Waals surface area contributed by atoms with Crippen LogP contribution in [0.5, 0.6) is 0 Å². The molecule has 2 unspecified atom stereocenters. The summed E-state index contributed by atoms with van der Waals surface area (Å²) in [5.74, 6) is 0.861. The summed E-state index contributed by atoms with van der Waals surface area (Å²) >= 11 is 0. The lowest BCUT2D eigenvalue weighted by molar-refractivity contribution is 0.453. The van der Waals surface area contributed by atoms with E-state index in [9.17, 15) is 0 Å². The highest BCUT2D eigenvalue weighted by Crippen LogP contribution is 2.20. The summed E-state index contributed by atoms with van der Waals surface area (Å²) in [5.41, 5.74) is 0. The summed E-state index contributed by atoms with van der Waals surface area (Å²) in [7, 11) is 0. The number of hydrogen-bond acceptors (Lipinski definition) is 1. The third-order valence-corrected chi connectivity index (χ3v) is 2.42. The second kappa shape index (κ2) is 3.97. The highest BCUT2D eigenvalue weighted by molar-refractivity contribution is 4.84. The molecule has 0 amide bonds. The monoisotopic (exact) mass is 140 g/mol. The van der Waals surface area contributed by atoms with Gasteiger partial charge in [0.15, 0.2) is 0 Å². The van der Waals surface area contributed by atoms with Crippen LogP contribution in [0.1, 0.15) is 32.6 Å². The van der Waals surface area contributed by atoms with Crippen molar-refractivity contribution in [3.63, 3.8) is 0 Å². The Bertz CT molecular complexity index is 90.7. The minimum Gasteiger partial charge on any atom is -0.314 e. The van der Waals surface area contributed by atoms with Crippen LogP contribution in [-0.4, -0.2) is 12.6 Å². The predicted molar refractivity (Wildman–Crippen MR) is 44.8 cm³/mol. The van der Waals surface area contributed by atoms with Gasteiger partial charge >= 0.3 is 0 Å². The second-order valence-corrected chi connectivity index (χ2v) is 3.25. The summed E-state index contributed by atoms with van der Waals surface area (Å²) in [4.78, 5) is 0. The van der Waals surface area contributed by atoms with E-state index in [0.717, 1.165) is 5.92 Å². The SMILES string of the molecule is [CH2]C1NCCC1CCCC. The van der Waals surface area contributed by atoms with Gasteiger partial charge in [-0.05, 0) is 32.2 Å². The van der Waals surface area contributed by atoms with E-state index in [1.807, 2.05) is 0 Å². The van der Waals surface area contributed by atoms with Crippen LogP contribution < -0.4 is 5.32 Å². The molecule has 0 saturated carbocycles. The Morgan fingerprint density at radius 1 is 1.60 bits per heavy atom. The average molecular weight is 140 g/mol. The van der Waals surface area contributed by atoms with E-state index in [4.69, 9.17) is 0 Å². The van der Waals surface area contributed by atoms with Gasteiger partial charge in [0.1, 0.15) is 0 Å². The van der Waals surface area contributed by atoms with Gasteiger partial charge < -0.3 is 5.32 Å². The zero-order chi connectivity index (χ0) is 7.40. The first-order valence-corrected chi connectivity index (χ1v) is 4.41. The van der Waals surface area contributed by atoms with Crippen molar-refractivity contribution in [1.29, 1.82) is 0 Å². The zero-order valence-electron chi connectivity index (χ0n) is 6.90. The Morgan fingerprint density at radius 2 is 2.40 bits per heavy atom. The molecule has 1 aliphatic rings. The highest BCUT2D eigenvalue weighted by Gasteiger charge is 2.21. The number of nitrogens with one attached hydrogen (secondary N) is 1. The molecule has 1 heterocycles. The van der Waals surface area contributed by atoms with E-state index in [-0.39, 0.29) is 0 Å². The third-order valence-electron chi connectivity index (χ3n) is 2.42. The molecule has 10 heavy (non-hydrogen) atoms. The molecule has 0 aliphatic carbocycles. The van der Waals surface area contributed by atoms with E-state index < -0.39 is 0 Å². The van der Waals surface area contributed by atoms with Crippen molar-refractivity contribution in [3.8, 4) is 0 Å². The molecule has 1 saturated heterocycles. The second-order valence-electron chi connectivity index (χ2n) is 3.25. The van der Waals surface area contributed by atoms with Crippen LogP contribution >= 0.6 is 0 Å². The Morgan fingerprint density at radius 3 is 2.90 bits per heavy atom. The Labute approximate surface area is 64.2 Å². The van der Waals surface area contributed by atoms with E-state index in [1.165, 1.54) is 32.2 Å². The number of unbranched alkanes of at least 4 members (excludes halogenated alkanes) is 1. The van der Waals surface area contributed by atoms with Gasteiger partial charge in [-0.15, -0.1) is 0 Å². The molecule has 0 aromatic heterocycles. The molecular weight excluding hydrogens is 122 g/mol. The maximum absolute atomic E-state index is 4.06. The summed E-state index contributed by atoms with van der Waals surface area (Å²) in [6, 6.07) is 0.534. The van der Waals surface area contributed by atoms with Crippen LogP contribution in [0.4, 0.5) is 0 Å². The van der Waals surface area contributed by atoms with Crippen molar-refractivity contribution in [2.75, 3.05) is 6.54 Å². The van der Waals surface area contributed by atoms with Gasteiger partial charge in [0.25, 0.3) is 0 Å². The molecule has 1 rings (SSSR count). The topological polar surface area (TPSA) is 12.0 Å². The number of rotatable bonds is 3. The van der Waals surface area contributed by atoms with Gasteiger partial charge in [0.05, 0.1) is 0 Å². The molecule has 0 aromatic rings. The third kappa shape index (κ3) is 1.98. The highest BCUT2D eigenvalue weighted by atomic mass is 14.9. The molecule has 0 spiro atoms. The van der Waals surface area contributed by atoms with Crippen molar-refractivity contribution in [3.05, 3.63) is 6.92 Å². The zero-order valence-corrected chi connectivity index (χ0v) is 6.90. The summed E-state index contributed by atoms with van der Waals surface area (Å²) in [6.45, 7) is 7.49. The molecule has 1 nitrogen and oxygen atoms in total. The molecule has 1 N–H and O–H groups in total. The predicted octanol–water partition coefficient (Wildman–Crippen LogP) is 1.99. The quantitative estimate of drug-likeness (QED) is 0.632. The average Bonchev–Trinajstić information content (AvgIpc) is 2.31. The number of hydrogen-bond donors (Lipinski definition) is 1. The van der Waals surface area contributed by atoms with Crippen LogP contribution in [0, 0.1) is 12.8 Å². The van der Waals surface area contributed by atoms with Gasteiger partial charge in [-0.25, -0.2) is 0 Å². The van der Waals surface area contributed by atoms with Gasteiger partial charge in [-0.3, -0.25) is 0 Å². The van der Waals surface area contributed by atoms with Crippen LogP contribution in [0.3, 0.4) is 0 Å². The molecule has 59 valence electrons. The van der Waals surface area contributed by atoms with Crippen LogP contribution in [-0.2, 0) is 0 Å². The smallest absolute Gasteiger partial charge is 0.00963 e. The molecule has 0 bridgehead atoms. The molecule has 1 radical (unpaired) electrons. The summed E-state index contributed by atoms with van der Waals surface area (Å²) < 4.78 is 0. The lowest BCUT2D eigenvalue weighted by Crippen LogP contribution is -2.22.